The molecule has 2 atom stereocenters. The number of hydrogen-bond donors (Lipinski definition) is 1. The van der Waals surface area contributed by atoms with Crippen molar-refractivity contribution < 1.29 is 14.3 Å². The topological polar surface area (TPSA) is 47.6 Å². The van der Waals surface area contributed by atoms with Gasteiger partial charge in [-0.15, -0.1) is 6.42 Å². The zero-order valence-corrected chi connectivity index (χ0v) is 15.2. The highest BCUT2D eigenvalue weighted by Gasteiger charge is 2.30. The maximum absolute atomic E-state index is 12.4. The van der Waals surface area contributed by atoms with Gasteiger partial charge < -0.3 is 14.8 Å². The van der Waals surface area contributed by atoms with Gasteiger partial charge in [0, 0.05) is 12.5 Å². The van der Waals surface area contributed by atoms with Crippen LogP contribution in [0.15, 0.2) is 48.5 Å². The molecule has 1 saturated heterocycles. The van der Waals surface area contributed by atoms with E-state index in [2.05, 4.69) is 35.5 Å². The van der Waals surface area contributed by atoms with E-state index in [1.165, 1.54) is 22.3 Å². The second kappa shape index (κ2) is 7.85. The van der Waals surface area contributed by atoms with Crippen LogP contribution in [0.3, 0.4) is 0 Å². The maximum atomic E-state index is 12.4. The van der Waals surface area contributed by atoms with Crippen LogP contribution in [0.25, 0.3) is 11.1 Å². The van der Waals surface area contributed by atoms with Crippen molar-refractivity contribution in [1.29, 1.82) is 0 Å². The van der Waals surface area contributed by atoms with Gasteiger partial charge in [0.15, 0.2) is 0 Å². The Morgan fingerprint density at radius 2 is 1.81 bits per heavy atom. The molecule has 1 aliphatic carbocycles. The van der Waals surface area contributed by atoms with E-state index in [1.54, 1.807) is 0 Å². The highest BCUT2D eigenvalue weighted by molar-refractivity contribution is 5.79. The zero-order valence-electron chi connectivity index (χ0n) is 15.2. The molecule has 0 aromatic heterocycles. The molecule has 1 fully saturated rings. The van der Waals surface area contributed by atoms with E-state index < -0.39 is 12.1 Å². The number of benzene rings is 2. The van der Waals surface area contributed by atoms with E-state index in [4.69, 9.17) is 15.9 Å². The van der Waals surface area contributed by atoms with Crippen LogP contribution in [-0.2, 0) is 9.47 Å². The molecule has 27 heavy (non-hydrogen) atoms. The molecule has 2 unspecified atom stereocenters. The molecule has 4 rings (SSSR count). The molecule has 138 valence electrons. The largest absolute Gasteiger partial charge is 0.449 e. The number of carbonyl (C=O) groups excluding carboxylic acids is 1. The number of carbonyl (C=O) groups is 1. The summed E-state index contributed by atoms with van der Waals surface area (Å²) < 4.78 is 11.3. The van der Waals surface area contributed by atoms with Crippen LogP contribution in [0.1, 0.15) is 36.3 Å². The van der Waals surface area contributed by atoms with Crippen molar-refractivity contribution in [3.8, 4) is 23.5 Å². The van der Waals surface area contributed by atoms with Crippen molar-refractivity contribution in [2.45, 2.75) is 37.3 Å². The van der Waals surface area contributed by atoms with Gasteiger partial charge in [0.05, 0.1) is 6.10 Å². The van der Waals surface area contributed by atoms with E-state index in [9.17, 15) is 4.79 Å². The van der Waals surface area contributed by atoms with Crippen LogP contribution in [0.2, 0.25) is 0 Å². The highest BCUT2D eigenvalue weighted by atomic mass is 16.5. The van der Waals surface area contributed by atoms with E-state index in [-0.39, 0.29) is 18.6 Å². The van der Waals surface area contributed by atoms with E-state index in [0.29, 0.717) is 6.61 Å². The molecule has 1 aliphatic heterocycles. The number of terminal acetylenes is 1. The Bertz CT molecular complexity index is 818. The molecular weight excluding hydrogens is 338 g/mol. The smallest absolute Gasteiger partial charge is 0.408 e. The van der Waals surface area contributed by atoms with Gasteiger partial charge in [-0.05, 0) is 41.5 Å². The van der Waals surface area contributed by atoms with Crippen LogP contribution >= 0.6 is 0 Å². The number of rotatable bonds is 4. The van der Waals surface area contributed by atoms with Gasteiger partial charge in [-0.3, -0.25) is 0 Å². The second-order valence-electron chi connectivity index (χ2n) is 7.02. The fourth-order valence-electron chi connectivity index (χ4n) is 4.04. The van der Waals surface area contributed by atoms with Gasteiger partial charge in [-0.25, -0.2) is 4.79 Å². The van der Waals surface area contributed by atoms with Crippen molar-refractivity contribution in [3.05, 3.63) is 59.7 Å². The Labute approximate surface area is 159 Å². The number of alkyl carbamates (subject to hydrolysis) is 1. The quantitative estimate of drug-likeness (QED) is 0.834. The first kappa shape index (κ1) is 17.6. The molecule has 0 spiro atoms. The summed E-state index contributed by atoms with van der Waals surface area (Å²) in [5.41, 5.74) is 4.80. The van der Waals surface area contributed by atoms with Crippen LogP contribution < -0.4 is 5.32 Å². The van der Waals surface area contributed by atoms with Gasteiger partial charge in [0.1, 0.15) is 12.6 Å². The molecule has 2 aromatic carbocycles. The molecule has 4 nitrogen and oxygen atoms in total. The van der Waals surface area contributed by atoms with E-state index >= 15 is 0 Å². The minimum Gasteiger partial charge on any atom is -0.449 e. The molecule has 1 amide bonds. The minimum atomic E-state index is -0.492. The summed E-state index contributed by atoms with van der Waals surface area (Å²) in [5.74, 6) is 2.67. The predicted molar refractivity (Wildman–Crippen MR) is 104 cm³/mol. The van der Waals surface area contributed by atoms with Crippen LogP contribution in [0.4, 0.5) is 4.79 Å². The third-order valence-corrected chi connectivity index (χ3v) is 5.38. The molecule has 0 saturated carbocycles. The van der Waals surface area contributed by atoms with Crippen molar-refractivity contribution in [3.63, 3.8) is 0 Å². The van der Waals surface area contributed by atoms with Crippen LogP contribution in [0, 0.1) is 12.3 Å². The lowest BCUT2D eigenvalue weighted by Gasteiger charge is -2.27. The maximum Gasteiger partial charge on any atom is 0.408 e. The number of fused-ring (bicyclic) bond motifs is 3. The fraction of sp³-hybridized carbons (Fsp3) is 0.348. The summed E-state index contributed by atoms with van der Waals surface area (Å²) in [5, 5.41) is 2.79. The van der Waals surface area contributed by atoms with Crippen molar-refractivity contribution >= 4 is 6.09 Å². The first-order valence-electron chi connectivity index (χ1n) is 9.47. The zero-order chi connectivity index (χ0) is 18.6. The van der Waals surface area contributed by atoms with Gasteiger partial charge in [0.2, 0.25) is 0 Å². The molecule has 0 bridgehead atoms. The second-order valence-corrected chi connectivity index (χ2v) is 7.02. The lowest BCUT2D eigenvalue weighted by atomic mass is 9.98. The number of ether oxygens (including phenoxy) is 2. The summed E-state index contributed by atoms with van der Waals surface area (Å²) in [6.45, 7) is 0.970. The molecule has 1 heterocycles. The number of amides is 1. The average molecular weight is 361 g/mol. The predicted octanol–water partition coefficient (Wildman–Crippen LogP) is 4.10. The number of hydrogen-bond acceptors (Lipinski definition) is 3. The van der Waals surface area contributed by atoms with Crippen molar-refractivity contribution in [1.82, 2.24) is 5.32 Å². The first-order chi connectivity index (χ1) is 13.3. The number of nitrogens with one attached hydrogen (secondary N) is 1. The SMILES string of the molecule is C#CC(NC(=O)OCC1c2ccccc2-c2ccccc21)C1CCCCO1. The third kappa shape index (κ3) is 3.56. The third-order valence-electron chi connectivity index (χ3n) is 5.38. The standard InChI is InChI=1S/C23H23NO3/c1-2-21(22-13-7-8-14-26-22)24-23(25)27-15-20-18-11-5-3-9-16(18)17-10-4-6-12-19(17)20/h1,3-6,9-12,20-22H,7-8,13-15H2,(H,24,25). The lowest BCUT2D eigenvalue weighted by Crippen LogP contribution is -2.45. The molecule has 2 aromatic rings. The van der Waals surface area contributed by atoms with Crippen molar-refractivity contribution in [2.24, 2.45) is 0 Å². The summed E-state index contributed by atoms with van der Waals surface area (Å²) in [4.78, 5) is 12.4. The van der Waals surface area contributed by atoms with Gasteiger partial charge in [-0.1, -0.05) is 54.5 Å². The van der Waals surface area contributed by atoms with Gasteiger partial charge in [-0.2, -0.15) is 0 Å². The lowest BCUT2D eigenvalue weighted by molar-refractivity contribution is 0.00356. The first-order valence-corrected chi connectivity index (χ1v) is 9.47. The molecular formula is C23H23NO3. The Balaban J connectivity index is 1.42. The van der Waals surface area contributed by atoms with Crippen LogP contribution in [0.5, 0.6) is 0 Å². The monoisotopic (exact) mass is 361 g/mol. The summed E-state index contributed by atoms with van der Waals surface area (Å²) in [6, 6.07) is 16.1. The van der Waals surface area contributed by atoms with Gasteiger partial charge >= 0.3 is 6.09 Å². The molecule has 0 radical (unpaired) electrons. The Morgan fingerprint density at radius 1 is 1.15 bits per heavy atom. The van der Waals surface area contributed by atoms with Crippen molar-refractivity contribution in [2.75, 3.05) is 13.2 Å². The van der Waals surface area contributed by atoms with E-state index in [1.807, 2.05) is 24.3 Å². The summed E-state index contributed by atoms with van der Waals surface area (Å²) >= 11 is 0. The molecule has 4 heteroatoms. The fourth-order valence-corrected chi connectivity index (χ4v) is 4.04. The Kier molecular flexibility index (Phi) is 5.13. The normalized spacial score (nSPS) is 19.4. The molecule has 1 N–H and O–H groups in total. The Hall–Kier alpha value is -2.77. The average Bonchev–Trinajstić information content (AvgIpc) is 3.05. The van der Waals surface area contributed by atoms with Crippen LogP contribution in [-0.4, -0.2) is 31.5 Å². The van der Waals surface area contributed by atoms with Gasteiger partial charge in [0.25, 0.3) is 0 Å². The summed E-state index contributed by atoms with van der Waals surface area (Å²) in [6.07, 6.45) is 7.93. The highest BCUT2D eigenvalue weighted by Crippen LogP contribution is 2.44. The van der Waals surface area contributed by atoms with E-state index in [0.717, 1.165) is 19.3 Å². The summed E-state index contributed by atoms with van der Waals surface area (Å²) in [7, 11) is 0. The molecule has 2 aliphatic rings. The Morgan fingerprint density at radius 3 is 2.41 bits per heavy atom. The minimum absolute atomic E-state index is 0.0402.